The van der Waals surface area contributed by atoms with Crippen molar-refractivity contribution in [2.24, 2.45) is 4.99 Å². The highest BCUT2D eigenvalue weighted by Gasteiger charge is 2.41. The van der Waals surface area contributed by atoms with E-state index in [1.54, 1.807) is 43.0 Å². The van der Waals surface area contributed by atoms with Gasteiger partial charge in [-0.05, 0) is 31.5 Å². The number of rotatable bonds is 4. The predicted molar refractivity (Wildman–Crippen MR) is 101 cm³/mol. The number of fused-ring (bicyclic) bond motifs is 1. The molecule has 2 heterocycles. The van der Waals surface area contributed by atoms with Crippen LogP contribution in [0.5, 0.6) is 5.75 Å². The first kappa shape index (κ1) is 19.2. The zero-order chi connectivity index (χ0) is 19.6. The lowest BCUT2D eigenvalue weighted by molar-refractivity contribution is -0.139. The van der Waals surface area contributed by atoms with Gasteiger partial charge < -0.3 is 9.47 Å². The number of allylic oxidation sites excluding steroid dienone is 1. The fourth-order valence-electron chi connectivity index (χ4n) is 3.07. The lowest BCUT2D eigenvalue weighted by Gasteiger charge is -2.38. The SMILES string of the molecule is CCOC(=O)C1=C(C)N=C2SCCC(=O)N2[C@H]1c1ccc(OC(C)=O)cc1. The van der Waals surface area contributed by atoms with Crippen molar-refractivity contribution in [2.75, 3.05) is 12.4 Å². The number of hydrogen-bond acceptors (Lipinski definition) is 7. The molecule has 3 rings (SSSR count). The van der Waals surface area contributed by atoms with Gasteiger partial charge >= 0.3 is 11.9 Å². The lowest BCUT2D eigenvalue weighted by atomic mass is 9.94. The van der Waals surface area contributed by atoms with E-state index in [1.807, 2.05) is 0 Å². The summed E-state index contributed by atoms with van der Waals surface area (Å²) in [6.45, 7) is 5.03. The Balaban J connectivity index is 2.06. The summed E-state index contributed by atoms with van der Waals surface area (Å²) in [4.78, 5) is 42.4. The highest BCUT2D eigenvalue weighted by molar-refractivity contribution is 8.14. The maximum absolute atomic E-state index is 12.6. The summed E-state index contributed by atoms with van der Waals surface area (Å²) >= 11 is 1.49. The second kappa shape index (κ2) is 7.96. The number of amides is 1. The number of amidine groups is 1. The summed E-state index contributed by atoms with van der Waals surface area (Å²) in [5.74, 6) is 0.0639. The van der Waals surface area contributed by atoms with E-state index in [-0.39, 0.29) is 12.5 Å². The average molecular weight is 388 g/mol. The van der Waals surface area contributed by atoms with E-state index in [9.17, 15) is 14.4 Å². The van der Waals surface area contributed by atoms with Crippen molar-refractivity contribution >= 4 is 34.8 Å². The molecular formula is C19H20N2O5S. The Labute approximate surface area is 161 Å². The molecule has 0 spiro atoms. The number of carbonyl (C=O) groups excluding carboxylic acids is 3. The van der Waals surface area contributed by atoms with Crippen LogP contribution in [0.4, 0.5) is 0 Å². The Bertz CT molecular complexity index is 844. The minimum atomic E-state index is -0.622. The van der Waals surface area contributed by atoms with Crippen LogP contribution in [-0.4, -0.2) is 40.3 Å². The van der Waals surface area contributed by atoms with Gasteiger partial charge in [0.2, 0.25) is 5.91 Å². The number of thioether (sulfide) groups is 1. The van der Waals surface area contributed by atoms with E-state index in [0.717, 1.165) is 5.56 Å². The molecule has 1 atom stereocenters. The summed E-state index contributed by atoms with van der Waals surface area (Å²) in [5.41, 5.74) is 1.60. The van der Waals surface area contributed by atoms with Gasteiger partial charge in [0.05, 0.1) is 23.9 Å². The molecule has 142 valence electrons. The number of carbonyl (C=O) groups is 3. The van der Waals surface area contributed by atoms with Crippen LogP contribution in [0.15, 0.2) is 40.5 Å². The van der Waals surface area contributed by atoms with E-state index in [0.29, 0.717) is 34.4 Å². The van der Waals surface area contributed by atoms with Crippen molar-refractivity contribution in [3.8, 4) is 5.75 Å². The maximum atomic E-state index is 12.6. The van der Waals surface area contributed by atoms with Crippen molar-refractivity contribution < 1.29 is 23.9 Å². The van der Waals surface area contributed by atoms with E-state index < -0.39 is 18.0 Å². The molecule has 1 aromatic carbocycles. The molecule has 0 aromatic heterocycles. The number of ether oxygens (including phenoxy) is 2. The van der Waals surface area contributed by atoms with Gasteiger partial charge in [0.15, 0.2) is 5.17 Å². The van der Waals surface area contributed by atoms with Gasteiger partial charge in [-0.3, -0.25) is 14.5 Å². The normalized spacial score (nSPS) is 19.4. The van der Waals surface area contributed by atoms with Gasteiger partial charge in [0, 0.05) is 19.1 Å². The van der Waals surface area contributed by atoms with E-state index in [2.05, 4.69) is 4.99 Å². The minimum Gasteiger partial charge on any atom is -0.463 e. The van der Waals surface area contributed by atoms with Gasteiger partial charge in [-0.15, -0.1) is 0 Å². The number of nitrogens with zero attached hydrogens (tertiary/aromatic N) is 2. The van der Waals surface area contributed by atoms with Crippen LogP contribution in [0, 0.1) is 0 Å². The first-order chi connectivity index (χ1) is 12.9. The van der Waals surface area contributed by atoms with Crippen molar-refractivity contribution in [1.29, 1.82) is 0 Å². The average Bonchev–Trinajstić information content (AvgIpc) is 2.61. The molecule has 0 saturated carbocycles. The van der Waals surface area contributed by atoms with Gasteiger partial charge in [0.25, 0.3) is 0 Å². The zero-order valence-electron chi connectivity index (χ0n) is 15.4. The van der Waals surface area contributed by atoms with Crippen LogP contribution in [0.1, 0.15) is 38.8 Å². The molecule has 2 aliphatic heterocycles. The second-order valence-electron chi connectivity index (χ2n) is 6.04. The number of esters is 2. The summed E-state index contributed by atoms with van der Waals surface area (Å²) in [7, 11) is 0. The molecule has 0 radical (unpaired) electrons. The monoisotopic (exact) mass is 388 g/mol. The molecule has 0 bridgehead atoms. The highest BCUT2D eigenvalue weighted by Crippen LogP contribution is 2.40. The standard InChI is InChI=1S/C19H20N2O5S/c1-4-25-18(24)16-11(2)20-19-21(15(23)9-10-27-19)17(16)13-5-7-14(8-6-13)26-12(3)22/h5-8,17H,4,9-10H2,1-3H3/t17-/m0/s1. The molecule has 1 fully saturated rings. The van der Waals surface area contributed by atoms with Gasteiger partial charge in [-0.2, -0.15) is 0 Å². The number of aliphatic imine (C=N–C) groups is 1. The fraction of sp³-hybridized carbons (Fsp3) is 0.368. The van der Waals surface area contributed by atoms with Crippen LogP contribution in [0.3, 0.4) is 0 Å². The van der Waals surface area contributed by atoms with E-state index >= 15 is 0 Å². The molecule has 8 heteroatoms. The molecule has 0 aliphatic carbocycles. The first-order valence-electron chi connectivity index (χ1n) is 8.62. The Kier molecular flexibility index (Phi) is 5.65. The summed E-state index contributed by atoms with van der Waals surface area (Å²) in [5, 5.41) is 0.589. The Morgan fingerprint density at radius 1 is 1.30 bits per heavy atom. The third kappa shape index (κ3) is 3.90. The molecule has 0 unspecified atom stereocenters. The number of benzene rings is 1. The largest absolute Gasteiger partial charge is 0.463 e. The first-order valence-corrected chi connectivity index (χ1v) is 9.60. The Morgan fingerprint density at radius 3 is 2.63 bits per heavy atom. The van der Waals surface area contributed by atoms with Crippen molar-refractivity contribution in [1.82, 2.24) is 4.90 Å². The van der Waals surface area contributed by atoms with E-state index in [4.69, 9.17) is 9.47 Å². The summed E-state index contributed by atoms with van der Waals surface area (Å²) in [6.07, 6.45) is 0.376. The third-order valence-corrected chi connectivity index (χ3v) is 5.11. The van der Waals surface area contributed by atoms with Crippen LogP contribution >= 0.6 is 11.8 Å². The molecule has 1 amide bonds. The van der Waals surface area contributed by atoms with Gasteiger partial charge in [0.1, 0.15) is 5.75 Å². The second-order valence-corrected chi connectivity index (χ2v) is 7.10. The number of hydrogen-bond donors (Lipinski definition) is 0. The van der Waals surface area contributed by atoms with Gasteiger partial charge in [-0.25, -0.2) is 9.79 Å². The smallest absolute Gasteiger partial charge is 0.338 e. The van der Waals surface area contributed by atoms with Gasteiger partial charge in [-0.1, -0.05) is 23.9 Å². The van der Waals surface area contributed by atoms with Crippen LogP contribution in [0.2, 0.25) is 0 Å². The fourth-order valence-corrected chi connectivity index (χ4v) is 4.07. The molecule has 0 N–H and O–H groups in total. The van der Waals surface area contributed by atoms with Crippen LogP contribution < -0.4 is 4.74 Å². The topological polar surface area (TPSA) is 85.3 Å². The Morgan fingerprint density at radius 2 is 2.00 bits per heavy atom. The predicted octanol–water partition coefficient (Wildman–Crippen LogP) is 2.83. The Hall–Kier alpha value is -2.61. The molecule has 1 aromatic rings. The molecule has 27 heavy (non-hydrogen) atoms. The molecule has 7 nitrogen and oxygen atoms in total. The quantitative estimate of drug-likeness (QED) is 0.582. The maximum Gasteiger partial charge on any atom is 0.338 e. The zero-order valence-corrected chi connectivity index (χ0v) is 16.2. The molecule has 1 saturated heterocycles. The van der Waals surface area contributed by atoms with Crippen LogP contribution in [-0.2, 0) is 19.1 Å². The summed E-state index contributed by atoms with van der Waals surface area (Å²) in [6, 6.07) is 6.14. The highest BCUT2D eigenvalue weighted by atomic mass is 32.2. The van der Waals surface area contributed by atoms with Crippen molar-refractivity contribution in [3.05, 3.63) is 41.1 Å². The third-order valence-electron chi connectivity index (χ3n) is 4.16. The molecular weight excluding hydrogens is 368 g/mol. The molecule has 2 aliphatic rings. The lowest BCUT2D eigenvalue weighted by Crippen LogP contribution is -2.45. The van der Waals surface area contributed by atoms with Crippen molar-refractivity contribution in [3.63, 3.8) is 0 Å². The minimum absolute atomic E-state index is 0.0872. The van der Waals surface area contributed by atoms with Crippen molar-refractivity contribution in [2.45, 2.75) is 33.2 Å². The van der Waals surface area contributed by atoms with Crippen LogP contribution in [0.25, 0.3) is 0 Å². The summed E-state index contributed by atoms with van der Waals surface area (Å²) < 4.78 is 10.3. The van der Waals surface area contributed by atoms with E-state index in [1.165, 1.54) is 18.7 Å².